The quantitative estimate of drug-likeness (QED) is 0.839. The zero-order chi connectivity index (χ0) is 20.3. The zero-order valence-corrected chi connectivity index (χ0v) is 17.9. The molecule has 6 heteroatoms. The molecule has 3 rings (SSSR count). The number of hydrogen-bond donors (Lipinski definition) is 1. The van der Waals surface area contributed by atoms with E-state index in [-0.39, 0.29) is 17.9 Å². The molecule has 0 aliphatic carbocycles. The molecule has 0 spiro atoms. The number of fused-ring (bicyclic) bond motifs is 1. The predicted molar refractivity (Wildman–Crippen MR) is 111 cm³/mol. The fourth-order valence-corrected chi connectivity index (χ4v) is 4.33. The van der Waals surface area contributed by atoms with E-state index in [4.69, 9.17) is 9.47 Å². The monoisotopic (exact) mass is 389 g/mol. The Morgan fingerprint density at radius 1 is 1.14 bits per heavy atom. The number of piperazine rings is 1. The van der Waals surface area contributed by atoms with Crippen molar-refractivity contribution in [1.29, 1.82) is 0 Å². The number of carbonyl (C=O) groups is 1. The molecule has 2 heterocycles. The van der Waals surface area contributed by atoms with Crippen LogP contribution >= 0.6 is 0 Å². The number of likely N-dealkylation sites (N-methyl/N-ethyl adjacent to an activating group) is 1. The molecule has 3 atom stereocenters. The molecule has 0 bridgehead atoms. The highest BCUT2D eigenvalue weighted by molar-refractivity contribution is 5.78. The standard InChI is InChI=1S/C22H35N3O3/c1-15(2)22(18-7-8-19-20(11-18)28-10-6-9-27-19)23-21(26)14-25-16(3)12-24(5)13-17(25)4/h7-8,11,15-17,22H,6,9-10,12-14H2,1-5H3,(H,23,26)/t16-,17+,22-/m0/s1. The second-order valence-electron chi connectivity index (χ2n) is 8.64. The zero-order valence-electron chi connectivity index (χ0n) is 17.9. The first-order valence-electron chi connectivity index (χ1n) is 10.5. The van der Waals surface area contributed by atoms with E-state index in [1.807, 2.05) is 18.2 Å². The topological polar surface area (TPSA) is 54.0 Å². The molecule has 1 saturated heterocycles. The third-order valence-corrected chi connectivity index (χ3v) is 5.72. The van der Waals surface area contributed by atoms with Gasteiger partial charge in [0.2, 0.25) is 5.91 Å². The average molecular weight is 390 g/mol. The van der Waals surface area contributed by atoms with Gasteiger partial charge in [0.05, 0.1) is 25.8 Å². The summed E-state index contributed by atoms with van der Waals surface area (Å²) in [6.45, 7) is 12.4. The lowest BCUT2D eigenvalue weighted by Crippen LogP contribution is -2.57. The first-order chi connectivity index (χ1) is 13.3. The van der Waals surface area contributed by atoms with Crippen molar-refractivity contribution in [2.45, 2.75) is 52.2 Å². The van der Waals surface area contributed by atoms with E-state index in [9.17, 15) is 4.79 Å². The van der Waals surface area contributed by atoms with E-state index in [2.05, 4.69) is 49.9 Å². The van der Waals surface area contributed by atoms with Crippen LogP contribution in [0.4, 0.5) is 0 Å². The number of rotatable bonds is 5. The number of amides is 1. The van der Waals surface area contributed by atoms with Gasteiger partial charge < -0.3 is 19.7 Å². The van der Waals surface area contributed by atoms with E-state index < -0.39 is 0 Å². The third-order valence-electron chi connectivity index (χ3n) is 5.72. The fourth-order valence-electron chi connectivity index (χ4n) is 4.33. The predicted octanol–water partition coefficient (Wildman–Crippen LogP) is 2.69. The Balaban J connectivity index is 1.69. The maximum Gasteiger partial charge on any atom is 0.234 e. The van der Waals surface area contributed by atoms with Crippen LogP contribution in [-0.4, -0.2) is 67.7 Å². The van der Waals surface area contributed by atoms with Crippen molar-refractivity contribution in [1.82, 2.24) is 15.1 Å². The number of benzene rings is 1. The molecule has 2 aliphatic rings. The Morgan fingerprint density at radius 3 is 2.43 bits per heavy atom. The van der Waals surface area contributed by atoms with Crippen LogP contribution in [0.25, 0.3) is 0 Å². The van der Waals surface area contributed by atoms with E-state index in [1.165, 1.54) is 0 Å². The van der Waals surface area contributed by atoms with Gasteiger partial charge >= 0.3 is 0 Å². The lowest BCUT2D eigenvalue weighted by atomic mass is 9.95. The molecule has 2 aliphatic heterocycles. The number of hydrogen-bond acceptors (Lipinski definition) is 5. The van der Waals surface area contributed by atoms with Crippen LogP contribution in [-0.2, 0) is 4.79 Å². The van der Waals surface area contributed by atoms with Gasteiger partial charge in [0.15, 0.2) is 11.5 Å². The smallest absolute Gasteiger partial charge is 0.234 e. The largest absolute Gasteiger partial charge is 0.490 e. The summed E-state index contributed by atoms with van der Waals surface area (Å²) in [5.41, 5.74) is 1.06. The van der Waals surface area contributed by atoms with Crippen LogP contribution in [0.15, 0.2) is 18.2 Å². The van der Waals surface area contributed by atoms with E-state index in [0.29, 0.717) is 31.8 Å². The van der Waals surface area contributed by atoms with Crippen LogP contribution in [0.5, 0.6) is 11.5 Å². The van der Waals surface area contributed by atoms with Crippen molar-refractivity contribution in [2.75, 3.05) is 39.9 Å². The third kappa shape index (κ3) is 4.97. The van der Waals surface area contributed by atoms with Crippen LogP contribution in [0.2, 0.25) is 0 Å². The van der Waals surface area contributed by atoms with Gasteiger partial charge in [0.25, 0.3) is 0 Å². The van der Waals surface area contributed by atoms with Gasteiger partial charge in [-0.15, -0.1) is 0 Å². The van der Waals surface area contributed by atoms with Gasteiger partial charge in [-0.25, -0.2) is 0 Å². The van der Waals surface area contributed by atoms with Gasteiger partial charge in [0, 0.05) is 31.6 Å². The maximum absolute atomic E-state index is 12.9. The Bertz CT molecular complexity index is 667. The van der Waals surface area contributed by atoms with Gasteiger partial charge in [0.1, 0.15) is 0 Å². The molecular weight excluding hydrogens is 354 g/mol. The summed E-state index contributed by atoms with van der Waals surface area (Å²) in [4.78, 5) is 17.5. The van der Waals surface area contributed by atoms with Gasteiger partial charge in [-0.3, -0.25) is 9.69 Å². The lowest BCUT2D eigenvalue weighted by Gasteiger charge is -2.43. The molecule has 1 amide bonds. The lowest BCUT2D eigenvalue weighted by molar-refractivity contribution is -0.125. The summed E-state index contributed by atoms with van der Waals surface area (Å²) in [6, 6.07) is 6.71. The van der Waals surface area contributed by atoms with Crippen molar-refractivity contribution < 1.29 is 14.3 Å². The average Bonchev–Trinajstić information content (AvgIpc) is 2.87. The van der Waals surface area contributed by atoms with Crippen LogP contribution in [0, 0.1) is 5.92 Å². The summed E-state index contributed by atoms with van der Waals surface area (Å²) in [7, 11) is 2.14. The minimum absolute atomic E-state index is 0.0530. The number of ether oxygens (including phenoxy) is 2. The number of carbonyl (C=O) groups excluding carboxylic acids is 1. The van der Waals surface area contributed by atoms with Crippen LogP contribution in [0.3, 0.4) is 0 Å². The van der Waals surface area contributed by atoms with Crippen molar-refractivity contribution in [3.8, 4) is 11.5 Å². The Labute approximate surface area is 169 Å². The van der Waals surface area contributed by atoms with Crippen LogP contribution in [0.1, 0.15) is 45.7 Å². The molecule has 1 aromatic rings. The minimum atomic E-state index is -0.0530. The molecule has 156 valence electrons. The first-order valence-corrected chi connectivity index (χ1v) is 10.5. The van der Waals surface area contributed by atoms with Gasteiger partial charge in [-0.2, -0.15) is 0 Å². The maximum atomic E-state index is 12.9. The summed E-state index contributed by atoms with van der Waals surface area (Å²) in [5.74, 6) is 1.91. The number of nitrogens with one attached hydrogen (secondary N) is 1. The Morgan fingerprint density at radius 2 is 1.79 bits per heavy atom. The van der Waals surface area contributed by atoms with Gasteiger partial charge in [-0.1, -0.05) is 19.9 Å². The van der Waals surface area contributed by atoms with Crippen LogP contribution < -0.4 is 14.8 Å². The normalized spacial score (nSPS) is 24.6. The second-order valence-corrected chi connectivity index (χ2v) is 8.64. The molecule has 1 aromatic carbocycles. The van der Waals surface area contributed by atoms with Crippen molar-refractivity contribution >= 4 is 5.91 Å². The molecule has 1 N–H and O–H groups in total. The van der Waals surface area contributed by atoms with Crippen molar-refractivity contribution in [2.24, 2.45) is 5.92 Å². The van der Waals surface area contributed by atoms with Crippen molar-refractivity contribution in [3.63, 3.8) is 0 Å². The minimum Gasteiger partial charge on any atom is -0.490 e. The summed E-state index contributed by atoms with van der Waals surface area (Å²) < 4.78 is 11.6. The highest BCUT2D eigenvalue weighted by atomic mass is 16.5. The SMILES string of the molecule is CC(C)[C@H](NC(=O)CN1[C@H](C)CN(C)C[C@@H]1C)c1ccc2c(c1)OCCCO2. The Hall–Kier alpha value is -1.79. The molecule has 0 radical (unpaired) electrons. The molecule has 6 nitrogen and oxygen atoms in total. The molecule has 0 unspecified atom stereocenters. The molecule has 0 aromatic heterocycles. The van der Waals surface area contributed by atoms with E-state index in [0.717, 1.165) is 36.6 Å². The van der Waals surface area contributed by atoms with Crippen molar-refractivity contribution in [3.05, 3.63) is 23.8 Å². The summed E-state index contributed by atoms with van der Waals surface area (Å²) in [5, 5.41) is 3.26. The molecule has 28 heavy (non-hydrogen) atoms. The first kappa shape index (κ1) is 20.9. The Kier molecular flexibility index (Phi) is 6.83. The highest BCUT2D eigenvalue weighted by Gasteiger charge is 2.30. The molecular formula is C22H35N3O3. The highest BCUT2D eigenvalue weighted by Crippen LogP contribution is 2.34. The summed E-state index contributed by atoms with van der Waals surface area (Å²) in [6.07, 6.45) is 0.885. The van der Waals surface area contributed by atoms with E-state index >= 15 is 0 Å². The summed E-state index contributed by atoms with van der Waals surface area (Å²) >= 11 is 0. The molecule has 1 fully saturated rings. The van der Waals surface area contributed by atoms with E-state index in [1.54, 1.807) is 0 Å². The number of nitrogens with zero attached hydrogens (tertiary/aromatic N) is 2. The molecule has 0 saturated carbocycles. The van der Waals surface area contributed by atoms with Gasteiger partial charge in [-0.05, 0) is 44.5 Å². The second kappa shape index (κ2) is 9.14. The fraction of sp³-hybridized carbons (Fsp3) is 0.682.